The molecule has 2 N–H and O–H groups in total. The van der Waals surface area contributed by atoms with Gasteiger partial charge in [-0.15, -0.1) is 21.5 Å². The monoisotopic (exact) mass is 391 g/mol. The molecule has 140 valence electrons. The third-order valence-electron chi connectivity index (χ3n) is 4.24. The maximum Gasteiger partial charge on any atom is 0.265 e. The zero-order valence-electron chi connectivity index (χ0n) is 15.0. The van der Waals surface area contributed by atoms with Crippen LogP contribution in [0.4, 0.5) is 5.69 Å². The van der Waals surface area contributed by atoms with Gasteiger partial charge >= 0.3 is 0 Å². The number of nitrogens with one attached hydrogen (secondary N) is 2. The summed E-state index contributed by atoms with van der Waals surface area (Å²) in [6.07, 6.45) is 1.85. The van der Waals surface area contributed by atoms with E-state index < -0.39 is 0 Å². The lowest BCUT2D eigenvalue weighted by Gasteiger charge is -2.15. The maximum atomic E-state index is 12.9. The van der Waals surface area contributed by atoms with Crippen LogP contribution in [0.25, 0.3) is 5.65 Å². The summed E-state index contributed by atoms with van der Waals surface area (Å²) in [4.78, 5) is 25.8. The van der Waals surface area contributed by atoms with Crippen molar-refractivity contribution in [1.29, 1.82) is 0 Å². The van der Waals surface area contributed by atoms with E-state index in [-0.39, 0.29) is 17.9 Å². The lowest BCUT2D eigenvalue weighted by molar-refractivity contribution is 0.0939. The van der Waals surface area contributed by atoms with Crippen molar-refractivity contribution in [3.63, 3.8) is 0 Å². The molecule has 7 nitrogen and oxygen atoms in total. The van der Waals surface area contributed by atoms with Gasteiger partial charge in [0.1, 0.15) is 0 Å². The average Bonchev–Trinajstić information content (AvgIpc) is 3.38. The number of benzene rings is 1. The fraction of sp³-hybridized carbons (Fsp3) is 0.100. The summed E-state index contributed by atoms with van der Waals surface area (Å²) in [5.74, 6) is 0.0815. The molecule has 0 bridgehead atoms. The Kier molecular flexibility index (Phi) is 4.86. The van der Waals surface area contributed by atoms with Crippen LogP contribution in [-0.4, -0.2) is 26.4 Å². The number of rotatable bonds is 5. The van der Waals surface area contributed by atoms with Gasteiger partial charge in [0, 0.05) is 6.20 Å². The van der Waals surface area contributed by atoms with Crippen molar-refractivity contribution in [3.8, 4) is 0 Å². The van der Waals surface area contributed by atoms with Gasteiger partial charge in [-0.25, -0.2) is 0 Å². The van der Waals surface area contributed by atoms with Crippen LogP contribution in [0.3, 0.4) is 0 Å². The number of para-hydroxylation sites is 1. The number of pyridine rings is 1. The summed E-state index contributed by atoms with van der Waals surface area (Å²) in [6.45, 7) is 1.84. The highest BCUT2D eigenvalue weighted by Crippen LogP contribution is 2.19. The summed E-state index contributed by atoms with van der Waals surface area (Å²) < 4.78 is 1.83. The average molecular weight is 391 g/mol. The van der Waals surface area contributed by atoms with Crippen molar-refractivity contribution in [2.75, 3.05) is 5.32 Å². The van der Waals surface area contributed by atoms with Crippen molar-refractivity contribution in [2.45, 2.75) is 13.0 Å². The first-order valence-corrected chi connectivity index (χ1v) is 9.56. The molecule has 0 saturated heterocycles. The van der Waals surface area contributed by atoms with Crippen LogP contribution >= 0.6 is 11.3 Å². The highest BCUT2D eigenvalue weighted by molar-refractivity contribution is 7.12. The predicted octanol–water partition coefficient (Wildman–Crippen LogP) is 3.53. The molecule has 2 amide bonds. The van der Waals surface area contributed by atoms with Crippen LogP contribution in [0.5, 0.6) is 0 Å². The van der Waals surface area contributed by atoms with Gasteiger partial charge in [0.15, 0.2) is 11.5 Å². The number of fused-ring (bicyclic) bond motifs is 1. The molecule has 0 aliphatic rings. The Morgan fingerprint density at radius 3 is 2.64 bits per heavy atom. The second-order valence-electron chi connectivity index (χ2n) is 6.16. The minimum atomic E-state index is -0.369. The van der Waals surface area contributed by atoms with E-state index in [0.717, 1.165) is 0 Å². The summed E-state index contributed by atoms with van der Waals surface area (Å²) in [7, 11) is 0. The largest absolute Gasteiger partial charge is 0.342 e. The highest BCUT2D eigenvalue weighted by Gasteiger charge is 2.19. The van der Waals surface area contributed by atoms with E-state index in [2.05, 4.69) is 20.8 Å². The Morgan fingerprint density at radius 2 is 1.82 bits per heavy atom. The lowest BCUT2D eigenvalue weighted by atomic mass is 10.1. The molecule has 0 radical (unpaired) electrons. The molecular weight excluding hydrogens is 374 g/mol. The molecule has 0 aliphatic carbocycles. The van der Waals surface area contributed by atoms with Crippen molar-refractivity contribution in [3.05, 3.63) is 82.4 Å². The quantitative estimate of drug-likeness (QED) is 0.545. The molecular formula is C20H17N5O2S. The normalized spacial score (nSPS) is 11.9. The summed E-state index contributed by atoms with van der Waals surface area (Å²) in [5.41, 5.74) is 1.55. The molecule has 28 heavy (non-hydrogen) atoms. The summed E-state index contributed by atoms with van der Waals surface area (Å²) in [5, 5.41) is 15.9. The zero-order chi connectivity index (χ0) is 19.5. The van der Waals surface area contributed by atoms with Crippen molar-refractivity contribution in [1.82, 2.24) is 19.9 Å². The number of amides is 2. The number of thiophene rings is 1. The lowest BCUT2D eigenvalue weighted by Crippen LogP contribution is -2.29. The minimum absolute atomic E-state index is 0.244. The number of hydrogen-bond donors (Lipinski definition) is 2. The molecule has 1 atom stereocenters. The molecule has 0 fully saturated rings. The Bertz CT molecular complexity index is 1140. The Labute approximate surface area is 165 Å². The zero-order valence-corrected chi connectivity index (χ0v) is 15.8. The Balaban J connectivity index is 1.54. The fourth-order valence-electron chi connectivity index (χ4n) is 2.88. The standard InChI is InChI=1S/C20H17N5O2S/c1-13(18-24-23-17-10-4-5-11-25(17)18)21-19(26)14-7-2-3-8-15(14)22-20(27)16-9-6-12-28-16/h2-13H,1H3,(H,21,26)(H,22,27). The molecule has 0 spiro atoms. The van der Waals surface area contributed by atoms with Gasteiger partial charge in [-0.2, -0.15) is 0 Å². The number of carbonyl (C=O) groups excluding carboxylic acids is 2. The maximum absolute atomic E-state index is 12.9. The van der Waals surface area contributed by atoms with Crippen LogP contribution in [0.2, 0.25) is 0 Å². The van der Waals surface area contributed by atoms with Gasteiger partial charge in [0.05, 0.1) is 22.2 Å². The molecule has 1 aromatic carbocycles. The number of nitrogens with zero attached hydrogens (tertiary/aromatic N) is 3. The number of carbonyl (C=O) groups is 2. The topological polar surface area (TPSA) is 88.4 Å². The number of anilines is 1. The van der Waals surface area contributed by atoms with Crippen LogP contribution in [0, 0.1) is 0 Å². The van der Waals surface area contributed by atoms with Crippen molar-refractivity contribution < 1.29 is 9.59 Å². The van der Waals surface area contributed by atoms with E-state index in [4.69, 9.17) is 0 Å². The number of aromatic nitrogens is 3. The fourth-order valence-corrected chi connectivity index (χ4v) is 3.49. The van der Waals surface area contributed by atoms with Gasteiger partial charge in [-0.3, -0.25) is 14.0 Å². The molecule has 0 saturated carbocycles. The van der Waals surface area contributed by atoms with E-state index in [9.17, 15) is 9.59 Å². The van der Waals surface area contributed by atoms with Gasteiger partial charge in [0.2, 0.25) is 0 Å². The number of hydrogen-bond acceptors (Lipinski definition) is 5. The summed E-state index contributed by atoms with van der Waals surface area (Å²) in [6, 6.07) is 15.7. The van der Waals surface area contributed by atoms with Gasteiger partial charge in [-0.05, 0) is 42.6 Å². The molecule has 0 aliphatic heterocycles. The second kappa shape index (κ2) is 7.61. The van der Waals surface area contributed by atoms with E-state index in [0.29, 0.717) is 27.6 Å². The molecule has 3 aromatic heterocycles. The van der Waals surface area contributed by atoms with Crippen LogP contribution in [0.1, 0.15) is 38.8 Å². The first-order chi connectivity index (χ1) is 13.6. The van der Waals surface area contributed by atoms with Gasteiger partial charge in [0.25, 0.3) is 11.8 Å². The van der Waals surface area contributed by atoms with Crippen LogP contribution in [0.15, 0.2) is 66.2 Å². The molecule has 4 rings (SSSR count). The van der Waals surface area contributed by atoms with E-state index in [1.165, 1.54) is 11.3 Å². The molecule has 8 heteroatoms. The second-order valence-corrected chi connectivity index (χ2v) is 7.11. The molecule has 3 heterocycles. The third kappa shape index (κ3) is 3.49. The smallest absolute Gasteiger partial charge is 0.265 e. The van der Waals surface area contributed by atoms with E-state index in [1.807, 2.05) is 47.2 Å². The summed E-state index contributed by atoms with van der Waals surface area (Å²) >= 11 is 1.34. The third-order valence-corrected chi connectivity index (χ3v) is 5.11. The van der Waals surface area contributed by atoms with Crippen LogP contribution in [-0.2, 0) is 0 Å². The van der Waals surface area contributed by atoms with Crippen molar-refractivity contribution >= 4 is 34.5 Å². The predicted molar refractivity (Wildman–Crippen MR) is 108 cm³/mol. The first-order valence-electron chi connectivity index (χ1n) is 8.68. The SMILES string of the molecule is CC(NC(=O)c1ccccc1NC(=O)c1cccs1)c1nnc2ccccn12. The highest BCUT2D eigenvalue weighted by atomic mass is 32.1. The van der Waals surface area contributed by atoms with Gasteiger partial charge < -0.3 is 10.6 Å². The van der Waals surface area contributed by atoms with E-state index in [1.54, 1.807) is 30.3 Å². The molecule has 4 aromatic rings. The minimum Gasteiger partial charge on any atom is -0.342 e. The van der Waals surface area contributed by atoms with Gasteiger partial charge in [-0.1, -0.05) is 24.3 Å². The first kappa shape index (κ1) is 17.9. The Morgan fingerprint density at radius 1 is 1.00 bits per heavy atom. The van der Waals surface area contributed by atoms with E-state index >= 15 is 0 Å². The molecule has 1 unspecified atom stereocenters. The Hall–Kier alpha value is -3.52. The van der Waals surface area contributed by atoms with Crippen LogP contribution < -0.4 is 10.6 Å². The van der Waals surface area contributed by atoms with Crippen molar-refractivity contribution in [2.24, 2.45) is 0 Å².